The van der Waals surface area contributed by atoms with E-state index in [1.807, 2.05) is 4.72 Å². The molecule has 5 aliphatic rings. The largest absolute Gasteiger partial charge is 0.497 e. The minimum Gasteiger partial charge on any atom is -0.497 e. The molecule has 15 nitrogen and oxygen atoms in total. The first-order valence-electron chi connectivity index (χ1n) is 19.9. The summed E-state index contributed by atoms with van der Waals surface area (Å²) in [5.41, 5.74) is -1.09. The Labute approximate surface area is 330 Å². The summed E-state index contributed by atoms with van der Waals surface area (Å²) in [5, 5.41) is 4.61. The van der Waals surface area contributed by atoms with E-state index in [0.717, 1.165) is 32.1 Å². The van der Waals surface area contributed by atoms with Gasteiger partial charge < -0.3 is 29.7 Å². The summed E-state index contributed by atoms with van der Waals surface area (Å²) >= 11 is 0. The molecule has 4 amide bonds. The van der Waals surface area contributed by atoms with Crippen molar-refractivity contribution in [3.05, 3.63) is 23.9 Å². The summed E-state index contributed by atoms with van der Waals surface area (Å²) in [4.78, 5) is 67.3. The molecule has 7 rings (SSSR count). The molecule has 3 N–H and O–H groups in total. The molecule has 3 aliphatic carbocycles. The fraction of sp³-hybridized carbons (Fsp3) is 0.692. The Balaban J connectivity index is 1.25. The van der Waals surface area contributed by atoms with Crippen LogP contribution in [-0.2, 0) is 35.6 Å². The maximum atomic E-state index is 14.7. The molecule has 4 fully saturated rings. The monoisotopic (exact) mass is 818 g/mol. The molecule has 18 heteroatoms. The van der Waals surface area contributed by atoms with Gasteiger partial charge in [-0.05, 0) is 74.3 Å². The van der Waals surface area contributed by atoms with Crippen LogP contribution >= 0.6 is 0 Å². The predicted molar refractivity (Wildman–Crippen MR) is 202 cm³/mol. The van der Waals surface area contributed by atoms with Gasteiger partial charge in [-0.1, -0.05) is 40.5 Å². The fourth-order valence-corrected chi connectivity index (χ4v) is 9.60. The number of carbonyl (C=O) groups is 4. The summed E-state index contributed by atoms with van der Waals surface area (Å²) in [7, 11) is -2.55. The number of rotatable bonds is 8. The Morgan fingerprint density at radius 1 is 1.07 bits per heavy atom. The molecule has 57 heavy (non-hydrogen) atoms. The molecular weight excluding hydrogens is 767 g/mol. The highest BCUT2D eigenvalue weighted by Gasteiger charge is 2.64. The maximum absolute atomic E-state index is 14.7. The zero-order valence-electron chi connectivity index (χ0n) is 32.9. The number of amides is 4. The minimum absolute atomic E-state index is 0.154. The number of alkyl carbamates (subject to hydrolysis) is 1. The van der Waals surface area contributed by atoms with Gasteiger partial charge in [-0.15, -0.1) is 0 Å². The zero-order chi connectivity index (χ0) is 41.0. The molecule has 312 valence electrons. The van der Waals surface area contributed by atoms with E-state index in [9.17, 15) is 36.4 Å². The van der Waals surface area contributed by atoms with Crippen molar-refractivity contribution in [1.82, 2.24) is 30.2 Å². The van der Waals surface area contributed by atoms with Crippen LogP contribution < -0.4 is 24.8 Å². The third kappa shape index (κ3) is 8.75. The van der Waals surface area contributed by atoms with Crippen LogP contribution in [0.5, 0.6) is 11.6 Å². The molecule has 1 aromatic heterocycles. The van der Waals surface area contributed by atoms with Gasteiger partial charge in [-0.2, -0.15) is 0 Å². The van der Waals surface area contributed by atoms with Crippen LogP contribution in [0.2, 0.25) is 0 Å². The summed E-state index contributed by atoms with van der Waals surface area (Å²) in [6, 6.07) is 2.80. The van der Waals surface area contributed by atoms with Crippen LogP contribution in [0.15, 0.2) is 18.2 Å². The van der Waals surface area contributed by atoms with Crippen molar-refractivity contribution in [2.75, 3.05) is 13.7 Å². The molecule has 2 aromatic rings. The molecule has 8 atom stereocenters. The van der Waals surface area contributed by atoms with Crippen molar-refractivity contribution < 1.29 is 50.6 Å². The normalized spacial score (nSPS) is 30.8. The standard InChI is InChI=1S/C39H52F2N6O9S/c1-20-29-19-47(31(20)33(48)45-39(18-22(39)16-30(40)41)36(50)46-57(52,53)24-12-13-24)35(49)32(38(2,3)4)44-37(51)56-28-15-21(28)9-7-6-8-10-26-34(55-29)43-27-17-23(54-5)11-14-25(27)42-26/h11,14,17,20-22,24,28-32H,6-10,12-13,15-16,18-19H2,1-5H3,(H,44,51)(H,45,48)(H,46,50)/t20-,21-,22-,28-,29+,31+,32-,39?/m1/s1. The second-order valence-electron chi connectivity index (χ2n) is 17.4. The number of benzene rings is 1. The Kier molecular flexibility index (Phi) is 11.1. The topological polar surface area (TPSA) is 195 Å². The highest BCUT2D eigenvalue weighted by molar-refractivity contribution is 7.91. The molecular formula is C39H52F2N6O9S. The quantitative estimate of drug-likeness (QED) is 0.348. The molecule has 1 saturated heterocycles. The fourth-order valence-electron chi connectivity index (χ4n) is 8.24. The number of fused-ring (bicyclic) bond motifs is 5. The van der Waals surface area contributed by atoms with Crippen LogP contribution in [0.25, 0.3) is 11.0 Å². The number of methoxy groups -OCH3 is 1. The SMILES string of the molecule is COc1ccc2nc3c(nc2c1)O[C@H]1CN(C(=O)[C@H](C(C)(C)C)NC(=O)O[C@@H]2C[C@H]2CCCCC3)[C@H](C(=O)NC2(C(=O)NS(=O)(=O)C3CC3)C[C@H]2CC(F)F)[C@@H]1C. The number of hydrogen-bond donors (Lipinski definition) is 3. The summed E-state index contributed by atoms with van der Waals surface area (Å²) < 4.78 is 72.8. The van der Waals surface area contributed by atoms with E-state index in [1.165, 1.54) is 12.0 Å². The lowest BCUT2D eigenvalue weighted by atomic mass is 9.85. The van der Waals surface area contributed by atoms with Crippen LogP contribution in [0.3, 0.4) is 0 Å². The van der Waals surface area contributed by atoms with E-state index in [1.54, 1.807) is 45.9 Å². The molecule has 1 aromatic carbocycles. The molecule has 1 unspecified atom stereocenters. The van der Waals surface area contributed by atoms with Crippen LogP contribution in [0, 0.1) is 23.2 Å². The first-order chi connectivity index (χ1) is 26.9. The Hall–Kier alpha value is -4.35. The third-order valence-electron chi connectivity index (χ3n) is 12.0. The molecule has 3 heterocycles. The summed E-state index contributed by atoms with van der Waals surface area (Å²) in [6.07, 6.45) is -0.279. The lowest BCUT2D eigenvalue weighted by Gasteiger charge is -2.36. The van der Waals surface area contributed by atoms with Gasteiger partial charge in [0.25, 0.3) is 5.91 Å². The van der Waals surface area contributed by atoms with E-state index in [0.29, 0.717) is 41.7 Å². The zero-order valence-corrected chi connectivity index (χ0v) is 33.7. The van der Waals surface area contributed by atoms with E-state index in [2.05, 4.69) is 10.6 Å². The lowest BCUT2D eigenvalue weighted by Crippen LogP contribution is -2.61. The molecule has 2 aliphatic heterocycles. The number of halogens is 2. The highest BCUT2D eigenvalue weighted by Crippen LogP contribution is 2.48. The Morgan fingerprint density at radius 3 is 2.51 bits per heavy atom. The second kappa shape index (κ2) is 15.4. The van der Waals surface area contributed by atoms with E-state index in [4.69, 9.17) is 24.2 Å². The van der Waals surface area contributed by atoms with Crippen molar-refractivity contribution in [1.29, 1.82) is 0 Å². The number of nitrogens with one attached hydrogen (secondary N) is 3. The Morgan fingerprint density at radius 2 is 1.82 bits per heavy atom. The van der Waals surface area contributed by atoms with Gasteiger partial charge in [0.05, 0.1) is 29.9 Å². The van der Waals surface area contributed by atoms with Crippen molar-refractivity contribution >= 4 is 44.9 Å². The molecule has 0 spiro atoms. The second-order valence-corrected chi connectivity index (χ2v) is 19.4. The van der Waals surface area contributed by atoms with E-state index in [-0.39, 0.29) is 30.9 Å². The van der Waals surface area contributed by atoms with Gasteiger partial charge in [0.2, 0.25) is 34.1 Å². The first kappa shape index (κ1) is 40.8. The number of carbonyl (C=O) groups excluding carboxylic acids is 4. The number of ether oxygens (including phenoxy) is 3. The van der Waals surface area contributed by atoms with Crippen LogP contribution in [0.1, 0.15) is 91.2 Å². The van der Waals surface area contributed by atoms with Gasteiger partial charge in [0.1, 0.15) is 41.3 Å². The van der Waals surface area contributed by atoms with Gasteiger partial charge in [0, 0.05) is 18.4 Å². The first-order valence-corrected chi connectivity index (χ1v) is 21.4. The minimum atomic E-state index is -4.08. The Bertz CT molecular complexity index is 2030. The number of aromatic nitrogens is 2. The van der Waals surface area contributed by atoms with Gasteiger partial charge in [-0.25, -0.2) is 32.0 Å². The van der Waals surface area contributed by atoms with Crippen molar-refractivity contribution in [2.24, 2.45) is 23.2 Å². The average Bonchev–Trinajstić information content (AvgIpc) is 4.06. The molecule has 3 saturated carbocycles. The number of sulfonamides is 1. The molecule has 0 radical (unpaired) electrons. The summed E-state index contributed by atoms with van der Waals surface area (Å²) in [6.45, 7) is 6.81. The van der Waals surface area contributed by atoms with E-state index < -0.39 is 92.9 Å². The van der Waals surface area contributed by atoms with Gasteiger partial charge in [-0.3, -0.25) is 19.1 Å². The van der Waals surface area contributed by atoms with Gasteiger partial charge in [0.15, 0.2) is 0 Å². The smallest absolute Gasteiger partial charge is 0.408 e. The lowest BCUT2D eigenvalue weighted by molar-refractivity contribution is -0.143. The number of nitrogens with zero attached hydrogens (tertiary/aromatic N) is 3. The van der Waals surface area contributed by atoms with Crippen molar-refractivity contribution in [2.45, 2.75) is 133 Å². The highest BCUT2D eigenvalue weighted by atomic mass is 32.2. The number of hydrogen-bond acceptors (Lipinski definition) is 11. The number of alkyl halides is 2. The van der Waals surface area contributed by atoms with Crippen molar-refractivity contribution in [3.8, 4) is 11.6 Å². The predicted octanol–water partition coefficient (Wildman–Crippen LogP) is 4.02. The third-order valence-corrected chi connectivity index (χ3v) is 13.8. The van der Waals surface area contributed by atoms with E-state index >= 15 is 0 Å². The number of aryl methyl sites for hydroxylation is 1. The summed E-state index contributed by atoms with van der Waals surface area (Å²) in [5.74, 6) is -3.42. The van der Waals surface area contributed by atoms with Crippen LogP contribution in [0.4, 0.5) is 13.6 Å². The maximum Gasteiger partial charge on any atom is 0.408 e. The van der Waals surface area contributed by atoms with Crippen molar-refractivity contribution in [3.63, 3.8) is 0 Å². The van der Waals surface area contributed by atoms with Crippen LogP contribution in [-0.4, -0.2) is 102 Å². The molecule has 2 bridgehead atoms. The average molecular weight is 819 g/mol. The van der Waals surface area contributed by atoms with Gasteiger partial charge >= 0.3 is 6.09 Å².